The Morgan fingerprint density at radius 3 is 2.42 bits per heavy atom. The molecule has 0 aliphatic carbocycles. The van der Waals surface area contributed by atoms with Crippen molar-refractivity contribution in [2.75, 3.05) is 20.5 Å². The Morgan fingerprint density at radius 1 is 1.32 bits per heavy atom. The van der Waals surface area contributed by atoms with E-state index in [-0.39, 0.29) is 11.9 Å². The number of methoxy groups -OCH3 is 2. The molecule has 5 heteroatoms. The van der Waals surface area contributed by atoms with E-state index in [0.717, 1.165) is 22.0 Å². The van der Waals surface area contributed by atoms with Gasteiger partial charge in [-0.05, 0) is 37.3 Å². The summed E-state index contributed by atoms with van der Waals surface area (Å²) in [6, 6.07) is 4.00. The van der Waals surface area contributed by atoms with E-state index >= 15 is 0 Å². The lowest BCUT2D eigenvalue weighted by Crippen LogP contribution is -2.32. The molecule has 1 amide bonds. The highest BCUT2D eigenvalue weighted by Crippen LogP contribution is 2.35. The molecule has 1 aromatic carbocycles. The van der Waals surface area contributed by atoms with Crippen molar-refractivity contribution in [1.82, 2.24) is 5.32 Å². The molecular formula is C14H21NO3S. The zero-order chi connectivity index (χ0) is 14.4. The van der Waals surface area contributed by atoms with Gasteiger partial charge in [0.05, 0.1) is 19.1 Å². The van der Waals surface area contributed by atoms with Crippen LogP contribution in [0.25, 0.3) is 0 Å². The number of nitrogens with one attached hydrogen (secondary N) is 1. The Labute approximate surface area is 118 Å². The van der Waals surface area contributed by atoms with Crippen molar-refractivity contribution in [3.8, 4) is 11.5 Å². The molecule has 0 aliphatic heterocycles. The largest absolute Gasteiger partial charge is 0.496 e. The summed E-state index contributed by atoms with van der Waals surface area (Å²) in [4.78, 5) is 12.1. The fourth-order valence-corrected chi connectivity index (χ4v) is 2.55. The number of hydrogen-bond acceptors (Lipinski definition) is 4. The average Bonchev–Trinajstić information content (AvgIpc) is 2.37. The molecule has 0 radical (unpaired) electrons. The molecule has 1 aromatic rings. The van der Waals surface area contributed by atoms with Crippen LogP contribution in [0.1, 0.15) is 19.4 Å². The summed E-state index contributed by atoms with van der Waals surface area (Å²) in [5.41, 5.74) is 1.03. The molecule has 0 bridgehead atoms. The van der Waals surface area contributed by atoms with E-state index in [1.165, 1.54) is 6.92 Å². The summed E-state index contributed by atoms with van der Waals surface area (Å²) in [5, 5.41) is 2.87. The lowest BCUT2D eigenvalue weighted by Gasteiger charge is -2.17. The van der Waals surface area contributed by atoms with Gasteiger partial charge in [-0.3, -0.25) is 4.79 Å². The van der Waals surface area contributed by atoms with Crippen LogP contribution in [0.4, 0.5) is 0 Å². The minimum Gasteiger partial charge on any atom is -0.496 e. The highest BCUT2D eigenvalue weighted by molar-refractivity contribution is 7.98. The molecule has 19 heavy (non-hydrogen) atoms. The van der Waals surface area contributed by atoms with E-state index in [2.05, 4.69) is 5.32 Å². The monoisotopic (exact) mass is 283 g/mol. The summed E-state index contributed by atoms with van der Waals surface area (Å²) >= 11 is 1.61. The smallest absolute Gasteiger partial charge is 0.217 e. The molecule has 0 fully saturated rings. The van der Waals surface area contributed by atoms with E-state index < -0.39 is 0 Å². The van der Waals surface area contributed by atoms with Crippen molar-refractivity contribution in [1.29, 1.82) is 0 Å². The Hall–Kier alpha value is -1.36. The molecule has 0 spiro atoms. The van der Waals surface area contributed by atoms with Crippen molar-refractivity contribution in [2.45, 2.75) is 31.2 Å². The molecule has 0 aliphatic rings. The van der Waals surface area contributed by atoms with Crippen molar-refractivity contribution in [3.05, 3.63) is 17.7 Å². The second-order valence-electron chi connectivity index (χ2n) is 4.32. The van der Waals surface area contributed by atoms with Crippen LogP contribution in [0.15, 0.2) is 17.0 Å². The summed E-state index contributed by atoms with van der Waals surface area (Å²) in [6.45, 7) is 3.49. The normalized spacial score (nSPS) is 11.8. The number of carbonyl (C=O) groups excluding carboxylic acids is 1. The Morgan fingerprint density at radius 2 is 1.95 bits per heavy atom. The van der Waals surface area contributed by atoms with Crippen LogP contribution in [0.5, 0.6) is 11.5 Å². The Kier molecular flexibility index (Phi) is 6.02. The first-order chi connectivity index (χ1) is 9.01. The van der Waals surface area contributed by atoms with Gasteiger partial charge in [0, 0.05) is 13.0 Å². The van der Waals surface area contributed by atoms with E-state index in [0.29, 0.717) is 6.42 Å². The maximum absolute atomic E-state index is 11.1. The van der Waals surface area contributed by atoms with Gasteiger partial charge in [-0.15, -0.1) is 11.8 Å². The molecule has 1 rings (SSSR count). The molecular weight excluding hydrogens is 262 g/mol. The van der Waals surface area contributed by atoms with Crippen LogP contribution in [0.3, 0.4) is 0 Å². The maximum Gasteiger partial charge on any atom is 0.217 e. The molecule has 0 saturated carbocycles. The van der Waals surface area contributed by atoms with Crippen LogP contribution < -0.4 is 14.8 Å². The molecule has 1 unspecified atom stereocenters. The fourth-order valence-electron chi connectivity index (χ4n) is 1.98. The number of carbonyl (C=O) groups is 1. The maximum atomic E-state index is 11.1. The van der Waals surface area contributed by atoms with Gasteiger partial charge in [-0.2, -0.15) is 0 Å². The van der Waals surface area contributed by atoms with Crippen LogP contribution in [-0.2, 0) is 11.2 Å². The van der Waals surface area contributed by atoms with Crippen molar-refractivity contribution < 1.29 is 14.3 Å². The topological polar surface area (TPSA) is 47.6 Å². The summed E-state index contributed by atoms with van der Waals surface area (Å²) in [5.74, 6) is 1.62. The molecule has 1 atom stereocenters. The van der Waals surface area contributed by atoms with Gasteiger partial charge in [0.1, 0.15) is 11.5 Å². The van der Waals surface area contributed by atoms with Crippen LogP contribution in [-0.4, -0.2) is 32.4 Å². The van der Waals surface area contributed by atoms with Gasteiger partial charge in [0.2, 0.25) is 5.91 Å². The van der Waals surface area contributed by atoms with Crippen molar-refractivity contribution in [2.24, 2.45) is 0 Å². The van der Waals surface area contributed by atoms with Gasteiger partial charge in [0.25, 0.3) is 0 Å². The number of amides is 1. The second-order valence-corrected chi connectivity index (χ2v) is 5.17. The first-order valence-corrected chi connectivity index (χ1v) is 7.30. The lowest BCUT2D eigenvalue weighted by molar-refractivity contribution is -0.119. The minimum absolute atomic E-state index is 0.0286. The molecule has 4 nitrogen and oxygen atoms in total. The fraction of sp³-hybridized carbons (Fsp3) is 0.500. The van der Waals surface area contributed by atoms with Crippen LogP contribution in [0.2, 0.25) is 0 Å². The zero-order valence-corrected chi connectivity index (χ0v) is 12.9. The van der Waals surface area contributed by atoms with Crippen LogP contribution in [0, 0.1) is 0 Å². The molecule has 1 N–H and O–H groups in total. The highest BCUT2D eigenvalue weighted by atomic mass is 32.2. The van der Waals surface area contributed by atoms with E-state index in [1.807, 2.05) is 25.3 Å². The average molecular weight is 283 g/mol. The minimum atomic E-state index is -0.0286. The number of thioether (sulfide) groups is 1. The van der Waals surface area contributed by atoms with E-state index in [4.69, 9.17) is 9.47 Å². The van der Waals surface area contributed by atoms with Gasteiger partial charge < -0.3 is 14.8 Å². The Bertz CT molecular complexity index is 449. The third kappa shape index (κ3) is 4.35. The van der Waals surface area contributed by atoms with Gasteiger partial charge in [-0.25, -0.2) is 0 Å². The summed E-state index contributed by atoms with van der Waals surface area (Å²) < 4.78 is 10.8. The number of ether oxygens (including phenoxy) is 2. The third-order valence-electron chi connectivity index (χ3n) is 2.76. The van der Waals surface area contributed by atoms with Gasteiger partial charge in [0.15, 0.2) is 0 Å². The number of rotatable bonds is 6. The first-order valence-electron chi connectivity index (χ1n) is 6.07. The molecule has 106 valence electrons. The number of benzene rings is 1. The predicted octanol–water partition coefficient (Wildman–Crippen LogP) is 2.49. The predicted molar refractivity (Wildman–Crippen MR) is 78.3 cm³/mol. The second kappa shape index (κ2) is 7.28. The van der Waals surface area contributed by atoms with Crippen LogP contribution >= 0.6 is 11.8 Å². The van der Waals surface area contributed by atoms with Crippen molar-refractivity contribution in [3.63, 3.8) is 0 Å². The van der Waals surface area contributed by atoms with Gasteiger partial charge >= 0.3 is 0 Å². The lowest BCUT2D eigenvalue weighted by atomic mass is 10.1. The highest BCUT2D eigenvalue weighted by Gasteiger charge is 2.13. The standard InChI is InChI=1S/C14H21NO3S/c1-9(15-10(2)16)6-11-7-13(18-4)14(19-5)8-12(11)17-3/h7-9H,6H2,1-5H3,(H,15,16). The Balaban J connectivity index is 3.01. The number of hydrogen-bond donors (Lipinski definition) is 1. The zero-order valence-electron chi connectivity index (χ0n) is 12.1. The third-order valence-corrected chi connectivity index (χ3v) is 3.52. The summed E-state index contributed by atoms with van der Waals surface area (Å²) in [6.07, 6.45) is 2.70. The first kappa shape index (κ1) is 15.7. The van der Waals surface area contributed by atoms with Crippen molar-refractivity contribution >= 4 is 17.7 Å². The molecule has 0 heterocycles. The van der Waals surface area contributed by atoms with E-state index in [1.54, 1.807) is 26.0 Å². The molecule has 0 aromatic heterocycles. The van der Waals surface area contributed by atoms with Gasteiger partial charge in [-0.1, -0.05) is 0 Å². The SMILES string of the molecule is COc1cc(SC)c(OC)cc1CC(C)NC(C)=O. The molecule has 0 saturated heterocycles. The van der Waals surface area contributed by atoms with E-state index in [9.17, 15) is 4.79 Å². The summed E-state index contributed by atoms with van der Waals surface area (Å²) in [7, 11) is 3.31. The quantitative estimate of drug-likeness (QED) is 0.815.